The first-order valence-electron chi connectivity index (χ1n) is 11.0. The summed E-state index contributed by atoms with van der Waals surface area (Å²) in [7, 11) is 1.89. The minimum atomic E-state index is -0.828. The van der Waals surface area contributed by atoms with Crippen molar-refractivity contribution in [3.05, 3.63) is 0 Å². The predicted octanol–water partition coefficient (Wildman–Crippen LogP) is 0.169. The van der Waals surface area contributed by atoms with Gasteiger partial charge in [0.25, 0.3) is 0 Å². The van der Waals surface area contributed by atoms with Crippen molar-refractivity contribution >= 4 is 11.8 Å². The van der Waals surface area contributed by atoms with E-state index in [4.69, 9.17) is 0 Å². The average molecular weight is 394 g/mol. The fourth-order valence-electron chi connectivity index (χ4n) is 5.84. The molecule has 7 unspecified atom stereocenters. The number of carbonyl (C=O) groups excluding carboxylic acids is 2. The maximum Gasteiger partial charge on any atom is 0.241 e. The zero-order valence-corrected chi connectivity index (χ0v) is 16.6. The largest absolute Gasteiger partial charge is 0.341 e. The highest BCUT2D eigenvalue weighted by Crippen LogP contribution is 2.36. The third-order valence-electron chi connectivity index (χ3n) is 7.71. The van der Waals surface area contributed by atoms with Crippen LogP contribution in [0.2, 0.25) is 0 Å². The smallest absolute Gasteiger partial charge is 0.241 e. The molecule has 0 aromatic heterocycles. The van der Waals surface area contributed by atoms with E-state index >= 15 is 0 Å². The highest BCUT2D eigenvalue weighted by Gasteiger charge is 2.49. The lowest BCUT2D eigenvalue weighted by Gasteiger charge is -2.37. The van der Waals surface area contributed by atoms with Crippen molar-refractivity contribution in [1.82, 2.24) is 26.0 Å². The first kappa shape index (κ1) is 18.8. The number of amides is 2. The number of likely N-dealkylation sites (tertiary alicyclic amines) is 1. The van der Waals surface area contributed by atoms with Gasteiger partial charge in [0, 0.05) is 44.2 Å². The van der Waals surface area contributed by atoms with Gasteiger partial charge in [0.15, 0.2) is 0 Å². The van der Waals surface area contributed by atoms with Gasteiger partial charge in [0.1, 0.15) is 12.2 Å². The summed E-state index contributed by atoms with van der Waals surface area (Å²) in [5.41, 5.74) is 6.47. The number of carbonyl (C=O) groups is 2. The second-order valence-electron chi connectivity index (χ2n) is 9.48. The van der Waals surface area contributed by atoms with E-state index in [-0.39, 0.29) is 47.8 Å². The molecular formula is C20H32FN5O2. The standard InChI is InChI=1S/C20H32FN5O2/c1-25(12-5-6-12)20(28)18-13-10-26(8-7-15(13)23-24-18)19(27)16-9-11-3-2-4-14(21)17(11)22-16/h11-18,22-24H,2-10H2,1H3. The Bertz CT molecular complexity index is 644. The molecule has 5 fully saturated rings. The lowest BCUT2D eigenvalue weighted by Crippen LogP contribution is -2.55. The quantitative estimate of drug-likeness (QED) is 0.637. The maximum absolute atomic E-state index is 14.2. The molecule has 2 aliphatic carbocycles. The fourth-order valence-corrected chi connectivity index (χ4v) is 5.84. The number of nitrogens with zero attached hydrogens (tertiary/aromatic N) is 2. The molecule has 3 heterocycles. The number of fused-ring (bicyclic) bond motifs is 2. The minimum Gasteiger partial charge on any atom is -0.341 e. The Morgan fingerprint density at radius 1 is 1.11 bits per heavy atom. The van der Waals surface area contributed by atoms with Gasteiger partial charge in [0.05, 0.1) is 6.04 Å². The number of rotatable bonds is 3. The lowest BCUT2D eigenvalue weighted by molar-refractivity contribution is -0.138. The van der Waals surface area contributed by atoms with Gasteiger partial charge in [-0.15, -0.1) is 0 Å². The molecule has 3 saturated heterocycles. The number of hydrogen-bond acceptors (Lipinski definition) is 5. The van der Waals surface area contributed by atoms with E-state index in [0.29, 0.717) is 25.6 Å². The Hall–Kier alpha value is -1.25. The Morgan fingerprint density at radius 3 is 2.68 bits per heavy atom. The van der Waals surface area contributed by atoms with Crippen LogP contribution in [0.5, 0.6) is 0 Å². The SMILES string of the molecule is CN(C(=O)C1NNC2CCN(C(=O)C3CC4CCCC(F)C4N3)CC21)C1CC1. The molecule has 0 bridgehead atoms. The lowest BCUT2D eigenvalue weighted by atomic mass is 9.83. The number of nitrogens with one attached hydrogen (secondary N) is 3. The Kier molecular flexibility index (Phi) is 4.83. The van der Waals surface area contributed by atoms with Gasteiger partial charge in [-0.2, -0.15) is 0 Å². The zero-order valence-electron chi connectivity index (χ0n) is 16.6. The topological polar surface area (TPSA) is 76.7 Å². The van der Waals surface area contributed by atoms with Gasteiger partial charge in [-0.25, -0.2) is 9.82 Å². The van der Waals surface area contributed by atoms with E-state index in [1.165, 1.54) is 0 Å². The van der Waals surface area contributed by atoms with Gasteiger partial charge >= 0.3 is 0 Å². The summed E-state index contributed by atoms with van der Waals surface area (Å²) in [5, 5.41) is 3.30. The highest BCUT2D eigenvalue weighted by molar-refractivity contribution is 5.84. The molecule has 2 saturated carbocycles. The molecule has 156 valence electrons. The molecule has 0 radical (unpaired) electrons. The summed E-state index contributed by atoms with van der Waals surface area (Å²) in [4.78, 5) is 29.8. The molecule has 7 atom stereocenters. The molecule has 0 aromatic rings. The molecule has 7 nitrogen and oxygen atoms in total. The second kappa shape index (κ2) is 7.22. The Labute approximate surface area is 165 Å². The van der Waals surface area contributed by atoms with Crippen LogP contribution in [0.3, 0.4) is 0 Å². The maximum atomic E-state index is 14.2. The van der Waals surface area contributed by atoms with Crippen LogP contribution in [-0.2, 0) is 9.59 Å². The number of piperidine rings is 1. The van der Waals surface area contributed by atoms with E-state index in [9.17, 15) is 14.0 Å². The molecular weight excluding hydrogens is 361 g/mol. The predicted molar refractivity (Wildman–Crippen MR) is 102 cm³/mol. The van der Waals surface area contributed by atoms with Crippen molar-refractivity contribution < 1.29 is 14.0 Å². The first-order valence-corrected chi connectivity index (χ1v) is 11.0. The van der Waals surface area contributed by atoms with E-state index < -0.39 is 6.17 Å². The third-order valence-corrected chi connectivity index (χ3v) is 7.71. The Morgan fingerprint density at radius 2 is 1.93 bits per heavy atom. The number of halogens is 1. The summed E-state index contributed by atoms with van der Waals surface area (Å²) in [5.74, 6) is 0.589. The van der Waals surface area contributed by atoms with E-state index in [2.05, 4.69) is 16.2 Å². The molecule has 0 aromatic carbocycles. The summed E-state index contributed by atoms with van der Waals surface area (Å²) in [6, 6.07) is -0.0973. The van der Waals surface area contributed by atoms with Crippen LogP contribution in [0.15, 0.2) is 0 Å². The number of alkyl halides is 1. The third kappa shape index (κ3) is 3.23. The van der Waals surface area contributed by atoms with Crippen molar-refractivity contribution in [2.24, 2.45) is 11.8 Å². The molecule has 3 aliphatic heterocycles. The van der Waals surface area contributed by atoms with Crippen LogP contribution in [0, 0.1) is 11.8 Å². The molecule has 28 heavy (non-hydrogen) atoms. The van der Waals surface area contributed by atoms with Crippen molar-refractivity contribution in [3.63, 3.8) is 0 Å². The van der Waals surface area contributed by atoms with Gasteiger partial charge < -0.3 is 9.80 Å². The van der Waals surface area contributed by atoms with Crippen LogP contribution >= 0.6 is 0 Å². The highest BCUT2D eigenvalue weighted by atomic mass is 19.1. The van der Waals surface area contributed by atoms with Gasteiger partial charge in [-0.1, -0.05) is 6.42 Å². The van der Waals surface area contributed by atoms with Crippen molar-refractivity contribution in [1.29, 1.82) is 0 Å². The monoisotopic (exact) mass is 393 g/mol. The molecule has 2 amide bonds. The zero-order chi connectivity index (χ0) is 19.4. The second-order valence-corrected chi connectivity index (χ2v) is 9.48. The van der Waals surface area contributed by atoms with Crippen molar-refractivity contribution in [2.45, 2.75) is 81.3 Å². The number of hydrogen-bond donors (Lipinski definition) is 3. The van der Waals surface area contributed by atoms with Crippen LogP contribution in [-0.4, -0.2) is 78.1 Å². The Balaban J connectivity index is 1.23. The van der Waals surface area contributed by atoms with E-state index in [1.807, 2.05) is 16.8 Å². The van der Waals surface area contributed by atoms with Crippen LogP contribution < -0.4 is 16.2 Å². The first-order chi connectivity index (χ1) is 13.5. The molecule has 0 spiro atoms. The molecule has 8 heteroatoms. The normalized spacial score (nSPS) is 42.8. The summed E-state index contributed by atoms with van der Waals surface area (Å²) in [6.07, 6.45) is 5.49. The summed E-state index contributed by atoms with van der Waals surface area (Å²) >= 11 is 0. The van der Waals surface area contributed by atoms with E-state index in [0.717, 1.165) is 38.5 Å². The number of likely N-dealkylation sites (N-methyl/N-ethyl adjacent to an activating group) is 1. The van der Waals surface area contributed by atoms with Gasteiger partial charge in [-0.05, 0) is 44.4 Å². The minimum absolute atomic E-state index is 0.0870. The molecule has 5 rings (SSSR count). The van der Waals surface area contributed by atoms with Crippen LogP contribution in [0.4, 0.5) is 4.39 Å². The molecule has 5 aliphatic rings. The van der Waals surface area contributed by atoms with Gasteiger partial charge in [-0.3, -0.25) is 20.3 Å². The fraction of sp³-hybridized carbons (Fsp3) is 0.900. The number of hydrazine groups is 1. The van der Waals surface area contributed by atoms with Crippen molar-refractivity contribution in [3.8, 4) is 0 Å². The molecule has 3 N–H and O–H groups in total. The van der Waals surface area contributed by atoms with Crippen LogP contribution in [0.1, 0.15) is 44.9 Å². The average Bonchev–Trinajstić information content (AvgIpc) is 3.31. The van der Waals surface area contributed by atoms with Gasteiger partial charge in [0.2, 0.25) is 11.8 Å². The van der Waals surface area contributed by atoms with Crippen molar-refractivity contribution in [2.75, 3.05) is 20.1 Å². The summed E-state index contributed by atoms with van der Waals surface area (Å²) < 4.78 is 14.2. The van der Waals surface area contributed by atoms with Crippen LogP contribution in [0.25, 0.3) is 0 Å². The summed E-state index contributed by atoms with van der Waals surface area (Å²) in [6.45, 7) is 1.28. The van der Waals surface area contributed by atoms with E-state index in [1.54, 1.807) is 0 Å².